The van der Waals surface area contributed by atoms with Crippen molar-refractivity contribution in [3.63, 3.8) is 0 Å². The van der Waals surface area contributed by atoms with Crippen LogP contribution in [0.5, 0.6) is 0 Å². The molecule has 2 atom stereocenters. The monoisotopic (exact) mass is 917 g/mol. The third-order valence-corrected chi connectivity index (χ3v) is 26.7. The molecule has 2 spiro atoms. The molecule has 0 unspecified atom stereocenters. The molecule has 35 rings (SSSR count). The average molecular weight is 918 g/mol. The molecule has 0 bridgehead atoms. The number of rotatable bonds is 2. The fraction of sp³-hybridized carbons (Fsp3) is 0.0556. The zero-order chi connectivity index (χ0) is 44.6. The molecule has 1 N–H and O–H groups in total. The topological polar surface area (TPSA) is 37.8 Å². The number of hydrogen-bond donors (Lipinski definition) is 1. The maximum atomic E-state index is 5.61. The summed E-state index contributed by atoms with van der Waals surface area (Å²) in [7, 11) is 0. The Kier molecular flexibility index (Phi) is 2.48. The molecule has 28 aromatic carbocycles. The summed E-state index contributed by atoms with van der Waals surface area (Å²) in [6.45, 7) is 0. The lowest BCUT2D eigenvalue weighted by Crippen LogP contribution is -2.52. The first-order chi connectivity index (χ1) is 37.4. The summed E-state index contributed by atoms with van der Waals surface area (Å²) in [5, 5.41) is 93.0. The molecule has 75 heavy (non-hydrogen) atoms. The summed E-state index contributed by atoms with van der Waals surface area (Å²) in [5.41, 5.74) is 8.19. The number of aromatic nitrogens is 2. The third kappa shape index (κ3) is 1.56. The number of pyridine rings is 2. The van der Waals surface area contributed by atoms with Gasteiger partial charge in [0.1, 0.15) is 0 Å². The summed E-state index contributed by atoms with van der Waals surface area (Å²) in [6, 6.07) is 11.4. The van der Waals surface area contributed by atoms with E-state index in [1.807, 2.05) is 6.20 Å². The van der Waals surface area contributed by atoms with E-state index in [0.717, 1.165) is 0 Å². The van der Waals surface area contributed by atoms with Crippen molar-refractivity contribution >= 4 is 291 Å². The number of nitrogens with one attached hydrogen (secondary N) is 1. The fourth-order valence-electron chi connectivity index (χ4n) is 26.6. The third-order valence-electron chi connectivity index (χ3n) is 26.7. The van der Waals surface area contributed by atoms with Gasteiger partial charge in [-0.05, 0) is 337 Å². The van der Waals surface area contributed by atoms with E-state index in [2.05, 4.69) is 42.7 Å². The average Bonchev–Trinajstić information content (AvgIpc) is 3.40. The lowest BCUT2D eigenvalue weighted by Gasteiger charge is -2.53. The van der Waals surface area contributed by atoms with Gasteiger partial charge >= 0.3 is 0 Å². The van der Waals surface area contributed by atoms with E-state index in [9.17, 15) is 0 Å². The Morgan fingerprint density at radius 1 is 0.253 bits per heavy atom. The van der Waals surface area contributed by atoms with E-state index < -0.39 is 10.8 Å². The zero-order valence-electron chi connectivity index (χ0n) is 38.2. The molecule has 5 aliphatic rings. The Morgan fingerprint density at radius 3 is 0.733 bits per heavy atom. The van der Waals surface area contributed by atoms with Crippen molar-refractivity contribution < 1.29 is 0 Å². The first kappa shape index (κ1) is 28.2. The predicted molar refractivity (Wildman–Crippen MR) is 311 cm³/mol. The highest BCUT2D eigenvalue weighted by Gasteiger charge is 2.78. The predicted octanol–water partition coefficient (Wildman–Crippen LogP) is 18.2. The Balaban J connectivity index is 1.14. The van der Waals surface area contributed by atoms with Crippen LogP contribution in [0.4, 0.5) is 0 Å². The van der Waals surface area contributed by atoms with Crippen LogP contribution in [0.2, 0.25) is 0 Å². The van der Waals surface area contributed by atoms with E-state index in [0.29, 0.717) is 0 Å². The Morgan fingerprint density at radius 2 is 0.507 bits per heavy atom. The van der Waals surface area contributed by atoms with Crippen LogP contribution in [-0.4, -0.2) is 9.97 Å². The molecule has 2 aromatic heterocycles. The van der Waals surface area contributed by atoms with Crippen LogP contribution >= 0.6 is 0 Å². The minimum absolute atomic E-state index is 0.0612. The Bertz CT molecular complexity index is 7110. The van der Waals surface area contributed by atoms with Gasteiger partial charge in [0, 0.05) is 24.6 Å². The molecule has 3 heteroatoms. The highest BCUT2D eigenvalue weighted by molar-refractivity contribution is 6.82. The van der Waals surface area contributed by atoms with Crippen molar-refractivity contribution in [1.82, 2.24) is 15.3 Å². The normalized spacial score (nSPS) is 23.8. The minimum Gasteiger partial charge on any atom is -0.299 e. The molecule has 1 fully saturated rings. The van der Waals surface area contributed by atoms with Gasteiger partial charge in [0.05, 0.1) is 22.6 Å². The highest BCUT2D eigenvalue weighted by atomic mass is 15.1. The maximum absolute atomic E-state index is 5.61. The van der Waals surface area contributed by atoms with Crippen molar-refractivity contribution in [3.05, 3.63) is 82.4 Å². The van der Waals surface area contributed by atoms with Crippen LogP contribution in [0.15, 0.2) is 48.9 Å². The van der Waals surface area contributed by atoms with E-state index in [1.165, 1.54) is 11.3 Å². The van der Waals surface area contributed by atoms with Gasteiger partial charge in [-0.2, -0.15) is 0 Å². The Hall–Kier alpha value is -9.28. The fourth-order valence-corrected chi connectivity index (χ4v) is 26.6. The molecular formula is C72H11N3. The molecule has 3 heterocycles. The van der Waals surface area contributed by atoms with E-state index >= 15 is 0 Å². The van der Waals surface area contributed by atoms with Crippen LogP contribution in [0.3, 0.4) is 0 Å². The van der Waals surface area contributed by atoms with Gasteiger partial charge in [-0.1, -0.05) is 12.1 Å². The lowest BCUT2D eigenvalue weighted by molar-refractivity contribution is 0.331. The standard InChI is InChI=1S/C72H11N3/c1-2-7-74-10(5-1)70-72-67-61-51-41-31-23-15-12-11-13-17-19(15)27-33-25(17)35-29-21(13)22-14(11)18-20-16(12)24(23)32-38-28(20)34-26(18)36-30(22)40-39(29)49-43(35)53-47(33)55(45(51)37(27)31)63(67)59(53)65-57(49)58-50(40)44(36)54-48(34)56-46(38)52(42(32)41)62(61)68(72)64(56)60(54)66(58)71(65,72)69(75-70)9-4-3-6-73-8-9/h1-8,69-70,75H/t69-,70+,71?,72?/m1/s1. The zero-order valence-corrected chi connectivity index (χ0v) is 38.2. The number of hydrogen-bond acceptors (Lipinski definition) is 3. The summed E-state index contributed by atoms with van der Waals surface area (Å²) < 4.78 is 0. The van der Waals surface area contributed by atoms with Crippen molar-refractivity contribution in [1.29, 1.82) is 0 Å². The van der Waals surface area contributed by atoms with Gasteiger partial charge in [0.15, 0.2) is 0 Å². The lowest BCUT2D eigenvalue weighted by atomic mass is 9.46. The van der Waals surface area contributed by atoms with Crippen LogP contribution in [0, 0.1) is 0 Å². The SMILES string of the molecule is c1ccc([C@@H]2N[C@H](c3cccnc3)C34c5c6c7c8c9c%10c(c%11c%12c3c3c5c5c%13c6c6c7c7c9c9c%14c%10c%10c%11c%11c%12c%12c3c3c5c5c%13c%13c6c6c7c9c7c9c%14c%10c%10c%11c%11c%12c3c3c5c5c%13c6c7c6c9c%10c%11c3c56)C824)nc1. The molecule has 1 aliphatic heterocycles. The molecular weight excluding hydrogens is 907 g/mol. The highest BCUT2D eigenvalue weighted by Crippen LogP contribution is 2.88. The first-order valence-corrected chi connectivity index (χ1v) is 27.8. The van der Waals surface area contributed by atoms with Gasteiger partial charge in [0.25, 0.3) is 0 Å². The van der Waals surface area contributed by atoms with E-state index in [4.69, 9.17) is 15.3 Å². The van der Waals surface area contributed by atoms with Crippen molar-refractivity contribution in [3.8, 4) is 0 Å². The molecule has 30 aromatic rings. The number of benzene rings is 18. The first-order valence-electron chi connectivity index (χ1n) is 27.8. The van der Waals surface area contributed by atoms with Crippen LogP contribution in [0.25, 0.3) is 291 Å². The van der Waals surface area contributed by atoms with Gasteiger partial charge < -0.3 is 0 Å². The number of nitrogens with zero attached hydrogens (tertiary/aromatic N) is 2. The van der Waals surface area contributed by atoms with Crippen LogP contribution in [-0.2, 0) is 10.8 Å². The smallest absolute Gasteiger partial charge is 0.0653 e. The molecule has 0 saturated carbocycles. The van der Waals surface area contributed by atoms with Gasteiger partial charge in [-0.15, -0.1) is 0 Å². The summed E-state index contributed by atoms with van der Waals surface area (Å²) in [4.78, 5) is 10.7. The van der Waals surface area contributed by atoms with Gasteiger partial charge in [0.2, 0.25) is 0 Å². The molecule has 3 nitrogen and oxygen atoms in total. The van der Waals surface area contributed by atoms with Gasteiger partial charge in [-0.3, -0.25) is 15.3 Å². The quantitative estimate of drug-likeness (QED) is 0.176. The molecule has 1 saturated heterocycles. The molecule has 0 radical (unpaired) electrons. The summed E-state index contributed by atoms with van der Waals surface area (Å²) >= 11 is 0. The molecule has 314 valence electrons. The molecule has 0 amide bonds. The summed E-state index contributed by atoms with van der Waals surface area (Å²) in [6.07, 6.45) is 6.37. The second kappa shape index (κ2) is 6.59. The van der Waals surface area contributed by atoms with E-state index in [1.54, 1.807) is 313 Å². The second-order valence-corrected chi connectivity index (χ2v) is 26.9. The maximum Gasteiger partial charge on any atom is 0.0653 e. The van der Waals surface area contributed by atoms with Gasteiger partial charge in [-0.25, -0.2) is 0 Å². The van der Waals surface area contributed by atoms with Crippen molar-refractivity contribution in [2.45, 2.75) is 22.9 Å². The van der Waals surface area contributed by atoms with Crippen molar-refractivity contribution in [2.24, 2.45) is 0 Å². The van der Waals surface area contributed by atoms with Crippen LogP contribution in [0.1, 0.15) is 45.6 Å². The second-order valence-electron chi connectivity index (χ2n) is 26.9. The van der Waals surface area contributed by atoms with E-state index in [-0.39, 0.29) is 12.1 Å². The Labute approximate surface area is 409 Å². The largest absolute Gasteiger partial charge is 0.299 e. The molecule has 4 aliphatic carbocycles. The van der Waals surface area contributed by atoms with Crippen LogP contribution < -0.4 is 5.32 Å². The summed E-state index contributed by atoms with van der Waals surface area (Å²) in [5.74, 6) is 0. The minimum atomic E-state index is -0.507. The van der Waals surface area contributed by atoms with Crippen molar-refractivity contribution in [2.75, 3.05) is 0 Å².